The van der Waals surface area contributed by atoms with Crippen molar-refractivity contribution in [2.24, 2.45) is 0 Å². The number of anilines is 2. The molecule has 160 valence electrons. The van der Waals surface area contributed by atoms with Crippen LogP contribution in [0.25, 0.3) is 11.3 Å². The van der Waals surface area contributed by atoms with Crippen molar-refractivity contribution in [1.29, 1.82) is 0 Å². The molecule has 2 heterocycles. The second kappa shape index (κ2) is 8.43. The van der Waals surface area contributed by atoms with Crippen LogP contribution in [0, 0.1) is 18.6 Å². The predicted octanol–water partition coefficient (Wildman–Crippen LogP) is 4.54. The molecule has 1 N–H and O–H groups in total. The van der Waals surface area contributed by atoms with Gasteiger partial charge in [-0.25, -0.2) is 13.8 Å². The summed E-state index contributed by atoms with van der Waals surface area (Å²) >= 11 is 1.24. The van der Waals surface area contributed by atoms with Gasteiger partial charge in [0.25, 0.3) is 5.91 Å². The fraction of sp³-hybridized carbons (Fsp3) is 0.227. The number of amides is 2. The molecule has 0 radical (unpaired) electrons. The average molecular weight is 443 g/mol. The van der Waals surface area contributed by atoms with E-state index in [1.54, 1.807) is 36.9 Å². The molecule has 0 saturated heterocycles. The SMILES string of the molecule is Cc1sc(NC(=O)CCN2C(=O)C(C)Oc3ccccc32)nc1-c1ccc(F)c(F)c1. The number of aryl methyl sites for hydroxylation is 1. The van der Waals surface area contributed by atoms with Gasteiger partial charge in [0.15, 0.2) is 22.9 Å². The fourth-order valence-corrected chi connectivity index (χ4v) is 4.20. The lowest BCUT2D eigenvalue weighted by atomic mass is 10.1. The summed E-state index contributed by atoms with van der Waals surface area (Å²) in [6.45, 7) is 3.65. The summed E-state index contributed by atoms with van der Waals surface area (Å²) in [7, 11) is 0. The van der Waals surface area contributed by atoms with E-state index in [0.717, 1.165) is 17.0 Å². The minimum absolute atomic E-state index is 0.0614. The molecule has 0 fully saturated rings. The van der Waals surface area contributed by atoms with Crippen LogP contribution in [0.3, 0.4) is 0 Å². The second-order valence-electron chi connectivity index (χ2n) is 7.07. The van der Waals surface area contributed by atoms with Crippen molar-refractivity contribution < 1.29 is 23.1 Å². The molecule has 1 aromatic heterocycles. The van der Waals surface area contributed by atoms with Crippen molar-refractivity contribution in [3.63, 3.8) is 0 Å². The Morgan fingerprint density at radius 2 is 2.00 bits per heavy atom. The fourth-order valence-electron chi connectivity index (χ4n) is 3.35. The van der Waals surface area contributed by atoms with Gasteiger partial charge in [0.2, 0.25) is 5.91 Å². The van der Waals surface area contributed by atoms with Crippen LogP contribution in [-0.4, -0.2) is 29.4 Å². The Labute approximate surface area is 181 Å². The Hall–Kier alpha value is -3.33. The zero-order chi connectivity index (χ0) is 22.1. The molecule has 2 amide bonds. The van der Waals surface area contributed by atoms with Crippen LogP contribution in [-0.2, 0) is 9.59 Å². The monoisotopic (exact) mass is 443 g/mol. The van der Waals surface area contributed by atoms with Crippen molar-refractivity contribution in [3.8, 4) is 17.0 Å². The zero-order valence-electron chi connectivity index (χ0n) is 16.8. The number of aromatic nitrogens is 1. The van der Waals surface area contributed by atoms with Crippen LogP contribution in [0.2, 0.25) is 0 Å². The summed E-state index contributed by atoms with van der Waals surface area (Å²) in [6, 6.07) is 10.7. The van der Waals surface area contributed by atoms with Crippen LogP contribution >= 0.6 is 11.3 Å². The number of fused-ring (bicyclic) bond motifs is 1. The summed E-state index contributed by atoms with van der Waals surface area (Å²) in [6.07, 6.45) is -0.565. The molecular weight excluding hydrogens is 424 g/mol. The van der Waals surface area contributed by atoms with Gasteiger partial charge in [0, 0.05) is 23.4 Å². The van der Waals surface area contributed by atoms with Crippen LogP contribution in [0.1, 0.15) is 18.2 Å². The lowest BCUT2D eigenvalue weighted by Gasteiger charge is -2.32. The standard InChI is InChI=1S/C22H19F2N3O3S/c1-12-21(29)27(17-5-3-4-6-18(17)30-12)10-9-19(28)25-22-26-20(13(2)31-22)14-7-8-15(23)16(24)11-14/h3-8,11-12H,9-10H2,1-2H3,(H,25,26,28). The largest absolute Gasteiger partial charge is 0.479 e. The van der Waals surface area contributed by atoms with E-state index in [4.69, 9.17) is 4.74 Å². The third-order valence-electron chi connectivity index (χ3n) is 4.87. The van der Waals surface area contributed by atoms with E-state index >= 15 is 0 Å². The molecule has 9 heteroatoms. The lowest BCUT2D eigenvalue weighted by molar-refractivity contribution is -0.125. The van der Waals surface area contributed by atoms with Gasteiger partial charge in [-0.1, -0.05) is 12.1 Å². The molecule has 6 nitrogen and oxygen atoms in total. The third-order valence-corrected chi connectivity index (χ3v) is 5.76. The number of thiazole rings is 1. The molecule has 1 unspecified atom stereocenters. The first-order valence-electron chi connectivity index (χ1n) is 9.63. The van der Waals surface area contributed by atoms with E-state index < -0.39 is 17.7 Å². The van der Waals surface area contributed by atoms with Crippen molar-refractivity contribution in [2.75, 3.05) is 16.8 Å². The number of carbonyl (C=O) groups excluding carboxylic acids is 2. The highest BCUT2D eigenvalue weighted by Gasteiger charge is 2.31. The third kappa shape index (κ3) is 4.27. The van der Waals surface area contributed by atoms with Crippen LogP contribution < -0.4 is 15.0 Å². The summed E-state index contributed by atoms with van der Waals surface area (Å²) in [4.78, 5) is 31.7. The van der Waals surface area contributed by atoms with E-state index in [0.29, 0.717) is 27.8 Å². The Bertz CT molecular complexity index is 1160. The molecule has 1 aliphatic rings. The number of halogens is 2. The van der Waals surface area contributed by atoms with Gasteiger partial charge in [-0.15, -0.1) is 11.3 Å². The van der Waals surface area contributed by atoms with Crippen molar-refractivity contribution >= 4 is 34.0 Å². The van der Waals surface area contributed by atoms with Crippen molar-refractivity contribution in [2.45, 2.75) is 26.4 Å². The molecule has 0 bridgehead atoms. The maximum atomic E-state index is 13.5. The topological polar surface area (TPSA) is 71.5 Å². The first-order chi connectivity index (χ1) is 14.8. The maximum Gasteiger partial charge on any atom is 0.267 e. The minimum Gasteiger partial charge on any atom is -0.479 e. The van der Waals surface area contributed by atoms with Gasteiger partial charge < -0.3 is 15.0 Å². The maximum absolute atomic E-state index is 13.5. The molecule has 4 rings (SSSR count). The minimum atomic E-state index is -0.958. The van der Waals surface area contributed by atoms with E-state index in [1.165, 1.54) is 17.4 Å². The van der Waals surface area contributed by atoms with Crippen LogP contribution in [0.5, 0.6) is 5.75 Å². The molecule has 1 atom stereocenters. The molecular formula is C22H19F2N3O3S. The second-order valence-corrected chi connectivity index (χ2v) is 8.27. The quantitative estimate of drug-likeness (QED) is 0.629. The lowest BCUT2D eigenvalue weighted by Crippen LogP contribution is -2.45. The summed E-state index contributed by atoms with van der Waals surface area (Å²) in [5.74, 6) is -1.81. The number of nitrogens with one attached hydrogen (secondary N) is 1. The van der Waals surface area contributed by atoms with Crippen LogP contribution in [0.15, 0.2) is 42.5 Å². The van der Waals surface area contributed by atoms with Crippen molar-refractivity contribution in [3.05, 3.63) is 59.0 Å². The Morgan fingerprint density at radius 1 is 1.23 bits per heavy atom. The highest BCUT2D eigenvalue weighted by molar-refractivity contribution is 7.16. The Morgan fingerprint density at radius 3 is 2.77 bits per heavy atom. The first kappa shape index (κ1) is 20.9. The average Bonchev–Trinajstić information content (AvgIpc) is 3.10. The number of ether oxygens (including phenoxy) is 1. The first-order valence-corrected chi connectivity index (χ1v) is 10.4. The molecule has 0 aliphatic carbocycles. The highest BCUT2D eigenvalue weighted by Crippen LogP contribution is 2.34. The predicted molar refractivity (Wildman–Crippen MR) is 114 cm³/mol. The van der Waals surface area contributed by atoms with E-state index in [1.807, 2.05) is 6.07 Å². The number of rotatable bonds is 5. The normalized spacial score (nSPS) is 15.4. The Balaban J connectivity index is 1.44. The van der Waals surface area contributed by atoms with Crippen molar-refractivity contribution in [1.82, 2.24) is 4.98 Å². The van der Waals surface area contributed by atoms with E-state index in [9.17, 15) is 18.4 Å². The summed E-state index contributed by atoms with van der Waals surface area (Å²) < 4.78 is 32.3. The number of benzene rings is 2. The number of carbonyl (C=O) groups is 2. The molecule has 0 spiro atoms. The highest BCUT2D eigenvalue weighted by atomic mass is 32.1. The van der Waals surface area contributed by atoms with Crippen LogP contribution in [0.4, 0.5) is 19.6 Å². The van der Waals surface area contributed by atoms with Gasteiger partial charge in [-0.05, 0) is 44.2 Å². The number of nitrogens with zero attached hydrogens (tertiary/aromatic N) is 2. The Kier molecular flexibility index (Phi) is 5.69. The molecule has 1 aliphatic heterocycles. The number of hydrogen-bond acceptors (Lipinski definition) is 5. The van der Waals surface area contributed by atoms with Gasteiger partial charge in [0.05, 0.1) is 11.4 Å². The molecule has 31 heavy (non-hydrogen) atoms. The smallest absolute Gasteiger partial charge is 0.267 e. The van der Waals surface area contributed by atoms with Gasteiger partial charge in [-0.3, -0.25) is 9.59 Å². The van der Waals surface area contributed by atoms with Gasteiger partial charge >= 0.3 is 0 Å². The molecule has 0 saturated carbocycles. The summed E-state index contributed by atoms with van der Waals surface area (Å²) in [5, 5.41) is 3.07. The zero-order valence-corrected chi connectivity index (χ0v) is 17.6. The number of hydrogen-bond donors (Lipinski definition) is 1. The van der Waals surface area contributed by atoms with E-state index in [-0.39, 0.29) is 24.8 Å². The summed E-state index contributed by atoms with van der Waals surface area (Å²) in [5.41, 5.74) is 1.53. The molecule has 2 aromatic carbocycles. The van der Waals surface area contributed by atoms with Gasteiger partial charge in [0.1, 0.15) is 5.75 Å². The number of para-hydroxylation sites is 2. The van der Waals surface area contributed by atoms with Gasteiger partial charge in [-0.2, -0.15) is 0 Å². The molecule has 3 aromatic rings. The van der Waals surface area contributed by atoms with E-state index in [2.05, 4.69) is 10.3 Å².